The Kier molecular flexibility index (Phi) is 18.7. The number of rotatable bonds is 19. The number of ether oxygens (including phenoxy) is 3. The molecule has 0 saturated carbocycles. The fourth-order valence-corrected chi connectivity index (χ4v) is 7.82. The second-order valence-electron chi connectivity index (χ2n) is 16.5. The van der Waals surface area contributed by atoms with E-state index in [9.17, 15) is 29.2 Å². The van der Waals surface area contributed by atoms with Gasteiger partial charge in [-0.2, -0.15) is 5.26 Å². The monoisotopic (exact) mass is 933 g/mol. The van der Waals surface area contributed by atoms with Gasteiger partial charge in [-0.05, 0) is 106 Å². The number of benzene rings is 3. The zero-order valence-electron chi connectivity index (χ0n) is 39.6. The molecule has 0 saturated heterocycles. The molecule has 0 aliphatic carbocycles. The maximum atomic E-state index is 14.7. The minimum absolute atomic E-state index is 0.00129. The van der Waals surface area contributed by atoms with E-state index in [1.807, 2.05) is 32.0 Å². The molecule has 362 valence electrons. The summed E-state index contributed by atoms with van der Waals surface area (Å²) in [6.07, 6.45) is 3.35. The molecule has 1 aliphatic heterocycles. The van der Waals surface area contributed by atoms with Gasteiger partial charge in [0.1, 0.15) is 61.2 Å². The number of likely N-dealkylation sites (N-methyl/N-ethyl adjacent to an activating group) is 1. The lowest BCUT2D eigenvalue weighted by atomic mass is 9.93. The topological polar surface area (TPSA) is 292 Å². The van der Waals surface area contributed by atoms with Crippen molar-refractivity contribution in [2.45, 2.75) is 84.5 Å². The lowest BCUT2D eigenvalue weighted by molar-refractivity contribution is -0.141. The van der Waals surface area contributed by atoms with Gasteiger partial charge in [0.2, 0.25) is 23.6 Å². The van der Waals surface area contributed by atoms with Crippen LogP contribution in [0.5, 0.6) is 17.2 Å². The lowest BCUT2D eigenvalue weighted by Gasteiger charge is -2.32. The van der Waals surface area contributed by atoms with E-state index in [0.717, 1.165) is 35.3 Å². The van der Waals surface area contributed by atoms with Crippen molar-refractivity contribution in [1.82, 2.24) is 36.1 Å². The smallest absolute Gasteiger partial charge is 0.255 e. The van der Waals surface area contributed by atoms with Crippen molar-refractivity contribution in [3.63, 3.8) is 0 Å². The van der Waals surface area contributed by atoms with Crippen LogP contribution in [0.25, 0.3) is 22.5 Å². The van der Waals surface area contributed by atoms with Crippen LogP contribution in [0.15, 0.2) is 54.7 Å². The average molecular weight is 934 g/mol. The number of nitrogens with one attached hydrogen (secondary N) is 4. The van der Waals surface area contributed by atoms with Crippen molar-refractivity contribution in [2.75, 3.05) is 53.0 Å². The first kappa shape index (κ1) is 51.8. The maximum Gasteiger partial charge on any atom is 0.255 e. The predicted octanol–water partition coefficient (Wildman–Crippen LogP) is 2.42. The van der Waals surface area contributed by atoms with E-state index in [2.05, 4.69) is 38.2 Å². The summed E-state index contributed by atoms with van der Waals surface area (Å²) < 4.78 is 18.2. The summed E-state index contributed by atoms with van der Waals surface area (Å²) >= 11 is 0. The van der Waals surface area contributed by atoms with Gasteiger partial charge in [-0.25, -0.2) is 9.97 Å². The zero-order valence-corrected chi connectivity index (χ0v) is 39.6. The van der Waals surface area contributed by atoms with Crippen LogP contribution in [-0.4, -0.2) is 116 Å². The van der Waals surface area contributed by atoms with Gasteiger partial charge < -0.3 is 57.6 Å². The van der Waals surface area contributed by atoms with E-state index >= 15 is 0 Å². The fraction of sp³-hybridized carbons (Fsp3) is 0.429. The molecule has 5 rings (SSSR count). The summed E-state index contributed by atoms with van der Waals surface area (Å²) in [5, 5.41) is 19.9. The van der Waals surface area contributed by atoms with Gasteiger partial charge in [-0.15, -0.1) is 0 Å². The first-order valence-electron chi connectivity index (χ1n) is 22.7. The van der Waals surface area contributed by atoms with Crippen molar-refractivity contribution in [2.24, 2.45) is 17.2 Å². The normalized spacial score (nSPS) is 16.2. The van der Waals surface area contributed by atoms with Crippen molar-refractivity contribution < 1.29 is 38.2 Å². The minimum Gasteiger partial charge on any atom is -0.493 e. The molecule has 4 atom stereocenters. The average Bonchev–Trinajstić information content (AvgIpc) is 3.32. The second-order valence-corrected chi connectivity index (χ2v) is 16.5. The van der Waals surface area contributed by atoms with Crippen molar-refractivity contribution in [1.29, 1.82) is 5.26 Å². The molecule has 10 N–H and O–H groups in total. The summed E-state index contributed by atoms with van der Waals surface area (Å²) in [5.74, 6) is -1.41. The number of nitrogens with two attached hydrogens (primary N) is 3. The van der Waals surface area contributed by atoms with Crippen LogP contribution in [0.3, 0.4) is 0 Å². The number of amides is 5. The van der Waals surface area contributed by atoms with Crippen molar-refractivity contribution >= 4 is 29.5 Å². The Hall–Kier alpha value is -7.14. The van der Waals surface area contributed by atoms with Crippen LogP contribution in [0.1, 0.15) is 77.5 Å². The number of aromatic nitrogens is 2. The van der Waals surface area contributed by atoms with Gasteiger partial charge in [-0.1, -0.05) is 25.5 Å². The summed E-state index contributed by atoms with van der Waals surface area (Å²) in [7, 11) is 1.41. The Morgan fingerprint density at radius 2 is 1.56 bits per heavy atom. The van der Waals surface area contributed by atoms with Crippen LogP contribution in [-0.2, 0) is 25.6 Å². The SMILES string of the molecule is CCCCOc1c(C)cc(-c2ncc(C(=O)NC(CCN)C(=O)N(C)C3C(=O)NC(C)C(=O)NC(C(=O)NCC#N)Cc4ccc(OCCN)c(c4)-c4cc3ccc4OCCN)c(C)n2)cc1C. The van der Waals surface area contributed by atoms with Gasteiger partial charge in [0.05, 0.1) is 23.9 Å². The third kappa shape index (κ3) is 12.8. The van der Waals surface area contributed by atoms with E-state index in [1.54, 1.807) is 43.3 Å². The third-order valence-corrected chi connectivity index (χ3v) is 11.3. The predicted molar refractivity (Wildman–Crippen MR) is 255 cm³/mol. The van der Waals surface area contributed by atoms with Gasteiger partial charge >= 0.3 is 0 Å². The van der Waals surface area contributed by atoms with E-state index in [4.69, 9.17) is 31.4 Å². The quantitative estimate of drug-likeness (QED) is 0.0525. The fourth-order valence-electron chi connectivity index (χ4n) is 7.82. The molecule has 1 aromatic heterocycles. The van der Waals surface area contributed by atoms with Gasteiger partial charge in [-0.3, -0.25) is 24.0 Å². The Labute approximate surface area is 396 Å². The maximum absolute atomic E-state index is 14.7. The summed E-state index contributed by atoms with van der Waals surface area (Å²) in [6.45, 7) is 10.1. The number of carbonyl (C=O) groups excluding carboxylic acids is 5. The third-order valence-electron chi connectivity index (χ3n) is 11.3. The summed E-state index contributed by atoms with van der Waals surface area (Å²) in [4.78, 5) is 80.8. The number of carbonyl (C=O) groups is 5. The number of fused-ring (bicyclic) bond motifs is 5. The second kappa shape index (κ2) is 24.6. The van der Waals surface area contributed by atoms with E-state index in [0.29, 0.717) is 51.9 Å². The van der Waals surface area contributed by atoms with Crippen LogP contribution in [0.4, 0.5) is 0 Å². The molecule has 2 heterocycles. The van der Waals surface area contributed by atoms with Crippen LogP contribution < -0.4 is 52.7 Å². The highest BCUT2D eigenvalue weighted by Crippen LogP contribution is 2.40. The number of hydrogen-bond acceptors (Lipinski definition) is 14. The minimum atomic E-state index is -1.41. The highest BCUT2D eigenvalue weighted by atomic mass is 16.5. The molecule has 0 fully saturated rings. The summed E-state index contributed by atoms with van der Waals surface area (Å²) in [5.41, 5.74) is 22.7. The molecule has 5 amide bonds. The van der Waals surface area contributed by atoms with Crippen LogP contribution in [0, 0.1) is 32.1 Å². The Bertz CT molecular complexity index is 2490. The first-order chi connectivity index (χ1) is 32.6. The molecular weight excluding hydrogens is 871 g/mol. The molecule has 4 aromatic rings. The zero-order chi connectivity index (χ0) is 49.5. The molecule has 4 unspecified atom stereocenters. The Morgan fingerprint density at radius 1 is 0.897 bits per heavy atom. The highest BCUT2D eigenvalue weighted by molar-refractivity contribution is 6.00. The molecule has 1 aliphatic rings. The van der Waals surface area contributed by atoms with E-state index in [1.165, 1.54) is 25.1 Å². The van der Waals surface area contributed by atoms with E-state index < -0.39 is 53.7 Å². The van der Waals surface area contributed by atoms with Gasteiger partial charge in [0.15, 0.2) is 5.82 Å². The van der Waals surface area contributed by atoms with Crippen LogP contribution in [0.2, 0.25) is 0 Å². The molecule has 19 heteroatoms. The molecule has 3 aromatic carbocycles. The largest absolute Gasteiger partial charge is 0.493 e. The molecule has 68 heavy (non-hydrogen) atoms. The molecular formula is C49H63N11O8. The first-order valence-corrected chi connectivity index (χ1v) is 22.7. The van der Waals surface area contributed by atoms with E-state index in [-0.39, 0.29) is 57.8 Å². The van der Waals surface area contributed by atoms with Crippen LogP contribution >= 0.6 is 0 Å². The van der Waals surface area contributed by atoms with Gasteiger partial charge in [0.25, 0.3) is 5.91 Å². The van der Waals surface area contributed by atoms with Crippen molar-refractivity contribution in [3.05, 3.63) is 88.2 Å². The molecule has 4 bridgehead atoms. The molecule has 0 radical (unpaired) electrons. The number of unbranched alkanes of at least 4 members (excludes halogenated alkanes) is 1. The number of nitriles is 1. The lowest BCUT2D eigenvalue weighted by Crippen LogP contribution is -2.56. The molecule has 19 nitrogen and oxygen atoms in total. The standard InChI is InChI=1S/C49H63N11O8/c1-7-8-19-68-43-28(2)22-34(23-29(43)3)44-55-27-37(30(4)56-44)46(62)58-38(13-14-50)49(65)60(6)42-33-10-12-41(67-21-17-53)36(26-33)35-24-32(9-11-40(35)66-20-16-52)25-39(47(63)54-18-15-51)59-45(61)31(5)57-48(42)64/h9-12,22-24,26-27,31,38-39,42H,7-8,13-14,16-21,25,50,52-53H2,1-6H3,(H,54,63)(H,57,64)(H,58,62)(H,59,61). The summed E-state index contributed by atoms with van der Waals surface area (Å²) in [6, 6.07) is 10.9. The number of aryl methyl sites for hydroxylation is 3. The van der Waals surface area contributed by atoms with Crippen molar-refractivity contribution in [3.8, 4) is 45.8 Å². The molecule has 0 spiro atoms. The highest BCUT2D eigenvalue weighted by Gasteiger charge is 2.36. The Balaban J connectivity index is 1.54. The Morgan fingerprint density at radius 3 is 2.18 bits per heavy atom. The van der Waals surface area contributed by atoms with Gasteiger partial charge in [0, 0.05) is 49.4 Å². The number of nitrogens with zero attached hydrogens (tertiary/aromatic N) is 4. The number of hydrogen-bond donors (Lipinski definition) is 7.